The zero-order valence-corrected chi connectivity index (χ0v) is 21.1. The fourth-order valence-corrected chi connectivity index (χ4v) is 5.70. The molecule has 0 radical (unpaired) electrons. The van der Waals surface area contributed by atoms with Crippen LogP contribution in [0.5, 0.6) is 0 Å². The van der Waals surface area contributed by atoms with E-state index in [0.29, 0.717) is 67.7 Å². The molecule has 2 aromatic rings. The molecular formula is C26H30N4O5S. The van der Waals surface area contributed by atoms with Gasteiger partial charge in [-0.15, -0.1) is 0 Å². The molecule has 2 aliphatic rings. The highest BCUT2D eigenvalue weighted by Crippen LogP contribution is 2.29. The first-order chi connectivity index (χ1) is 17.3. The fraction of sp³-hybridized carbons (Fsp3) is 0.423. The van der Waals surface area contributed by atoms with E-state index in [9.17, 15) is 18.0 Å². The highest BCUT2D eigenvalue weighted by atomic mass is 32.2. The molecule has 190 valence electrons. The lowest BCUT2D eigenvalue weighted by molar-refractivity contribution is -0.132. The maximum atomic E-state index is 13.2. The fourth-order valence-electron chi connectivity index (χ4n) is 4.56. The van der Waals surface area contributed by atoms with Crippen LogP contribution >= 0.6 is 0 Å². The number of ether oxygens (including phenoxy) is 1. The van der Waals surface area contributed by atoms with Gasteiger partial charge in [-0.2, -0.15) is 5.26 Å². The number of rotatable bonds is 6. The standard InChI is InChI=1S/C26H30N4O5S/c1-19-2-5-23(16-24(19)28-36(33,34)18-25(31)29-12-14-35-15-13-29)26(32)30-10-8-22(9-11-30)21-6-3-20(17-27)4-7-21/h2-7,16,22,28H,8-15,18H2,1H3. The molecule has 2 aromatic carbocycles. The number of anilines is 1. The normalized spacial score (nSPS) is 16.9. The third-order valence-corrected chi connectivity index (χ3v) is 7.88. The topological polar surface area (TPSA) is 120 Å². The summed E-state index contributed by atoms with van der Waals surface area (Å²) in [5, 5.41) is 8.98. The molecule has 2 aliphatic heterocycles. The number of nitrogens with one attached hydrogen (secondary N) is 1. The number of nitriles is 1. The number of hydrogen-bond donors (Lipinski definition) is 1. The van der Waals surface area contributed by atoms with Crippen molar-refractivity contribution in [2.45, 2.75) is 25.7 Å². The molecule has 10 heteroatoms. The SMILES string of the molecule is Cc1ccc(C(=O)N2CCC(c3ccc(C#N)cc3)CC2)cc1NS(=O)(=O)CC(=O)N1CCOCC1. The van der Waals surface area contributed by atoms with Crippen molar-refractivity contribution < 1.29 is 22.7 Å². The van der Waals surface area contributed by atoms with Gasteiger partial charge in [-0.3, -0.25) is 14.3 Å². The van der Waals surface area contributed by atoms with E-state index < -0.39 is 21.7 Å². The van der Waals surface area contributed by atoms with E-state index in [1.807, 2.05) is 24.3 Å². The van der Waals surface area contributed by atoms with Gasteiger partial charge in [0.05, 0.1) is 30.5 Å². The van der Waals surface area contributed by atoms with Gasteiger partial charge < -0.3 is 14.5 Å². The molecule has 9 nitrogen and oxygen atoms in total. The van der Waals surface area contributed by atoms with Crippen LogP contribution in [0.25, 0.3) is 0 Å². The number of sulfonamides is 1. The van der Waals surface area contributed by atoms with E-state index in [1.165, 1.54) is 10.5 Å². The Morgan fingerprint density at radius 3 is 2.33 bits per heavy atom. The molecule has 0 atom stereocenters. The number of likely N-dealkylation sites (tertiary alicyclic amines) is 1. The molecule has 2 saturated heterocycles. The summed E-state index contributed by atoms with van der Waals surface area (Å²) in [5.41, 5.74) is 3.15. The minimum Gasteiger partial charge on any atom is -0.378 e. The number of carbonyl (C=O) groups excluding carboxylic acids is 2. The molecular weight excluding hydrogens is 480 g/mol. The summed E-state index contributed by atoms with van der Waals surface area (Å²) in [5.74, 6) is -0.960. The number of amides is 2. The van der Waals surface area contributed by atoms with Crippen molar-refractivity contribution in [3.8, 4) is 6.07 Å². The van der Waals surface area contributed by atoms with Gasteiger partial charge in [0, 0.05) is 31.7 Å². The summed E-state index contributed by atoms with van der Waals surface area (Å²) in [6.45, 7) is 4.47. The van der Waals surface area contributed by atoms with Crippen molar-refractivity contribution in [3.63, 3.8) is 0 Å². The van der Waals surface area contributed by atoms with Crippen LogP contribution in [-0.2, 0) is 19.6 Å². The van der Waals surface area contributed by atoms with Crippen LogP contribution < -0.4 is 4.72 Å². The number of hydrogen-bond acceptors (Lipinski definition) is 6. The lowest BCUT2D eigenvalue weighted by Gasteiger charge is -2.32. The van der Waals surface area contributed by atoms with Crippen molar-refractivity contribution in [1.82, 2.24) is 9.80 Å². The van der Waals surface area contributed by atoms with Crippen LogP contribution in [0, 0.1) is 18.3 Å². The second-order valence-corrected chi connectivity index (χ2v) is 10.9. The number of aryl methyl sites for hydroxylation is 1. The van der Waals surface area contributed by atoms with Gasteiger partial charge in [0.1, 0.15) is 5.75 Å². The average molecular weight is 511 g/mol. The predicted octanol–water partition coefficient (Wildman–Crippen LogP) is 2.49. The first-order valence-electron chi connectivity index (χ1n) is 12.0. The molecule has 0 unspecified atom stereocenters. The van der Waals surface area contributed by atoms with E-state index in [0.717, 1.165) is 12.8 Å². The van der Waals surface area contributed by atoms with Crippen molar-refractivity contribution in [2.24, 2.45) is 0 Å². The summed E-state index contributed by atoms with van der Waals surface area (Å²) >= 11 is 0. The van der Waals surface area contributed by atoms with Gasteiger partial charge in [-0.05, 0) is 61.1 Å². The van der Waals surface area contributed by atoms with Gasteiger partial charge in [0.25, 0.3) is 5.91 Å². The number of morpholine rings is 1. The van der Waals surface area contributed by atoms with Gasteiger partial charge in [-0.25, -0.2) is 8.42 Å². The Kier molecular flexibility index (Phi) is 7.91. The highest BCUT2D eigenvalue weighted by Gasteiger charge is 2.27. The molecule has 36 heavy (non-hydrogen) atoms. The third-order valence-electron chi connectivity index (χ3n) is 6.72. The summed E-state index contributed by atoms with van der Waals surface area (Å²) in [7, 11) is -3.94. The maximum absolute atomic E-state index is 13.2. The van der Waals surface area contributed by atoms with Gasteiger partial charge >= 0.3 is 0 Å². The number of piperidine rings is 1. The second kappa shape index (κ2) is 11.1. The molecule has 2 amide bonds. The first-order valence-corrected chi connectivity index (χ1v) is 13.7. The van der Waals surface area contributed by atoms with Crippen molar-refractivity contribution in [2.75, 3.05) is 49.9 Å². The predicted molar refractivity (Wildman–Crippen MR) is 135 cm³/mol. The summed E-state index contributed by atoms with van der Waals surface area (Å²) in [6, 6.07) is 14.7. The molecule has 0 saturated carbocycles. The van der Waals surface area contributed by atoms with Gasteiger partial charge in [-0.1, -0.05) is 18.2 Å². The van der Waals surface area contributed by atoms with Crippen molar-refractivity contribution in [1.29, 1.82) is 5.26 Å². The summed E-state index contributed by atoms with van der Waals surface area (Å²) < 4.78 is 33.1. The largest absolute Gasteiger partial charge is 0.378 e. The molecule has 0 aliphatic carbocycles. The van der Waals surface area contributed by atoms with Crippen LogP contribution in [0.4, 0.5) is 5.69 Å². The monoisotopic (exact) mass is 510 g/mol. The third kappa shape index (κ3) is 6.22. The Morgan fingerprint density at radius 2 is 1.69 bits per heavy atom. The lowest BCUT2D eigenvalue weighted by atomic mass is 9.89. The molecule has 2 fully saturated rings. The Balaban J connectivity index is 1.38. The quantitative estimate of drug-likeness (QED) is 0.638. The Hall–Kier alpha value is -3.42. The van der Waals surface area contributed by atoms with Crippen LogP contribution in [-0.4, -0.2) is 75.2 Å². The van der Waals surface area contributed by atoms with E-state index in [1.54, 1.807) is 30.0 Å². The number of benzene rings is 2. The Labute approximate surface area is 211 Å². The Bertz CT molecular complexity index is 1260. The van der Waals surface area contributed by atoms with Crippen LogP contribution in [0.1, 0.15) is 45.8 Å². The maximum Gasteiger partial charge on any atom is 0.253 e. The zero-order chi connectivity index (χ0) is 25.7. The summed E-state index contributed by atoms with van der Waals surface area (Å²) in [6.07, 6.45) is 1.62. The molecule has 0 spiro atoms. The average Bonchev–Trinajstić information content (AvgIpc) is 2.90. The molecule has 2 heterocycles. The van der Waals surface area contributed by atoms with Crippen LogP contribution in [0.15, 0.2) is 42.5 Å². The second-order valence-electron chi connectivity index (χ2n) is 9.18. The first kappa shape index (κ1) is 25.7. The van der Waals surface area contributed by atoms with Crippen LogP contribution in [0.2, 0.25) is 0 Å². The Morgan fingerprint density at radius 1 is 1.03 bits per heavy atom. The minimum absolute atomic E-state index is 0.155. The smallest absolute Gasteiger partial charge is 0.253 e. The van der Waals surface area contributed by atoms with Crippen LogP contribution in [0.3, 0.4) is 0 Å². The molecule has 4 rings (SSSR count). The van der Waals surface area contributed by atoms with Gasteiger partial charge in [0.15, 0.2) is 0 Å². The van der Waals surface area contributed by atoms with E-state index in [2.05, 4.69) is 10.8 Å². The summed E-state index contributed by atoms with van der Waals surface area (Å²) in [4.78, 5) is 28.9. The van der Waals surface area contributed by atoms with E-state index in [4.69, 9.17) is 10.00 Å². The number of nitrogens with zero attached hydrogens (tertiary/aromatic N) is 3. The molecule has 0 bridgehead atoms. The van der Waals surface area contributed by atoms with E-state index >= 15 is 0 Å². The van der Waals surface area contributed by atoms with Gasteiger partial charge in [0.2, 0.25) is 15.9 Å². The van der Waals surface area contributed by atoms with Crippen molar-refractivity contribution >= 4 is 27.5 Å². The van der Waals surface area contributed by atoms with Crippen molar-refractivity contribution in [3.05, 3.63) is 64.7 Å². The van der Waals surface area contributed by atoms with E-state index in [-0.39, 0.29) is 5.91 Å². The lowest BCUT2D eigenvalue weighted by Crippen LogP contribution is -2.44. The number of carbonyl (C=O) groups is 2. The zero-order valence-electron chi connectivity index (χ0n) is 20.3. The molecule has 0 aromatic heterocycles. The highest BCUT2D eigenvalue weighted by molar-refractivity contribution is 7.93. The molecule has 1 N–H and O–H groups in total. The minimum atomic E-state index is -3.94.